The fourth-order valence-electron chi connectivity index (χ4n) is 2.07. The van der Waals surface area contributed by atoms with Gasteiger partial charge in [0.25, 0.3) is 5.91 Å². The van der Waals surface area contributed by atoms with E-state index in [9.17, 15) is 9.59 Å². The van der Waals surface area contributed by atoms with Crippen LogP contribution in [0.4, 0.5) is 0 Å². The minimum atomic E-state index is -0.331. The number of esters is 1. The van der Waals surface area contributed by atoms with Crippen LogP contribution in [0.3, 0.4) is 0 Å². The molecule has 0 atom stereocenters. The third-order valence-corrected chi connectivity index (χ3v) is 2.81. The second-order valence-corrected chi connectivity index (χ2v) is 4.09. The molecule has 92 valence electrons. The van der Waals surface area contributed by atoms with E-state index >= 15 is 0 Å². The lowest BCUT2D eigenvalue weighted by Crippen LogP contribution is -2.44. The van der Waals surface area contributed by atoms with E-state index in [0.29, 0.717) is 31.0 Å². The molecule has 0 aromatic carbocycles. The number of ether oxygens (including phenoxy) is 1. The van der Waals surface area contributed by atoms with Crippen LogP contribution in [-0.2, 0) is 14.3 Å². The average molecular weight is 236 g/mol. The second kappa shape index (κ2) is 4.61. The van der Waals surface area contributed by atoms with Crippen molar-refractivity contribution in [3.63, 3.8) is 0 Å². The zero-order chi connectivity index (χ0) is 12.4. The van der Waals surface area contributed by atoms with Crippen LogP contribution < -0.4 is 5.32 Å². The predicted octanol–water partition coefficient (Wildman–Crippen LogP) is 0.891. The van der Waals surface area contributed by atoms with Crippen molar-refractivity contribution in [2.75, 3.05) is 13.2 Å². The Labute approximate surface area is 100 Å². The van der Waals surface area contributed by atoms with E-state index in [1.165, 1.54) is 6.08 Å². The Bertz CT molecular complexity index is 423. The van der Waals surface area contributed by atoms with Gasteiger partial charge in [-0.3, -0.25) is 9.69 Å². The van der Waals surface area contributed by atoms with Gasteiger partial charge in [0.1, 0.15) is 5.82 Å². The van der Waals surface area contributed by atoms with Crippen LogP contribution in [0.1, 0.15) is 26.7 Å². The molecule has 0 saturated heterocycles. The highest BCUT2D eigenvalue weighted by Crippen LogP contribution is 2.25. The molecular weight excluding hydrogens is 220 g/mol. The Balaban J connectivity index is 2.35. The molecule has 2 aliphatic heterocycles. The number of carbonyl (C=O) groups is 2. The van der Waals surface area contributed by atoms with Gasteiger partial charge >= 0.3 is 5.97 Å². The van der Waals surface area contributed by atoms with Gasteiger partial charge in [-0.1, -0.05) is 0 Å². The molecule has 2 aliphatic rings. The van der Waals surface area contributed by atoms with Crippen LogP contribution in [0.15, 0.2) is 23.2 Å². The number of rotatable bonds is 2. The van der Waals surface area contributed by atoms with Crippen molar-refractivity contribution in [3.05, 3.63) is 23.2 Å². The van der Waals surface area contributed by atoms with Crippen molar-refractivity contribution in [2.45, 2.75) is 26.7 Å². The van der Waals surface area contributed by atoms with E-state index in [1.54, 1.807) is 18.7 Å². The van der Waals surface area contributed by atoms with Crippen LogP contribution in [-0.4, -0.2) is 29.9 Å². The average Bonchev–Trinajstić information content (AvgIpc) is 2.28. The van der Waals surface area contributed by atoms with Crippen LogP contribution in [0.25, 0.3) is 0 Å². The van der Waals surface area contributed by atoms with E-state index in [2.05, 4.69) is 5.32 Å². The standard InChI is InChI=1S/C12H16N2O3/c1-3-17-12(16)9-5-4-6-14-10(15)7-8(2)13-11(9)14/h7,13H,3-6H2,1-2H3. The van der Waals surface area contributed by atoms with Crippen molar-refractivity contribution in [1.82, 2.24) is 10.2 Å². The number of amides is 1. The maximum absolute atomic E-state index is 11.8. The molecule has 0 unspecified atom stereocenters. The van der Waals surface area contributed by atoms with E-state index in [4.69, 9.17) is 4.74 Å². The van der Waals surface area contributed by atoms with Gasteiger partial charge in [-0.15, -0.1) is 0 Å². The Hall–Kier alpha value is -1.78. The molecule has 0 aliphatic carbocycles. The van der Waals surface area contributed by atoms with Crippen LogP contribution in [0, 0.1) is 0 Å². The fraction of sp³-hybridized carbons (Fsp3) is 0.500. The highest BCUT2D eigenvalue weighted by Gasteiger charge is 2.31. The molecule has 2 heterocycles. The summed E-state index contributed by atoms with van der Waals surface area (Å²) < 4.78 is 5.01. The Morgan fingerprint density at radius 2 is 2.35 bits per heavy atom. The number of carbonyl (C=O) groups excluding carboxylic acids is 2. The molecule has 1 N–H and O–H groups in total. The molecule has 0 fully saturated rings. The Kier molecular flexibility index (Phi) is 3.17. The molecule has 0 bridgehead atoms. The van der Waals surface area contributed by atoms with Crippen LogP contribution >= 0.6 is 0 Å². The summed E-state index contributed by atoms with van der Waals surface area (Å²) in [5.74, 6) is 0.194. The summed E-state index contributed by atoms with van der Waals surface area (Å²) >= 11 is 0. The van der Waals surface area contributed by atoms with Crippen molar-refractivity contribution in [2.24, 2.45) is 0 Å². The van der Waals surface area contributed by atoms with Crippen LogP contribution in [0.5, 0.6) is 0 Å². The number of hydrogen-bond acceptors (Lipinski definition) is 4. The first-order chi connectivity index (χ1) is 8.13. The summed E-state index contributed by atoms with van der Waals surface area (Å²) in [5, 5.41) is 3.08. The zero-order valence-electron chi connectivity index (χ0n) is 10.1. The number of allylic oxidation sites excluding steroid dienone is 1. The summed E-state index contributed by atoms with van der Waals surface area (Å²) in [6.07, 6.45) is 2.98. The number of nitrogens with one attached hydrogen (secondary N) is 1. The molecule has 5 nitrogen and oxygen atoms in total. The first kappa shape index (κ1) is 11.7. The summed E-state index contributed by atoms with van der Waals surface area (Å²) in [6, 6.07) is 0. The minimum Gasteiger partial charge on any atom is -0.463 e. The van der Waals surface area contributed by atoms with Gasteiger partial charge in [0.05, 0.1) is 12.2 Å². The molecule has 17 heavy (non-hydrogen) atoms. The quantitative estimate of drug-likeness (QED) is 0.723. The molecule has 0 aromatic heterocycles. The molecule has 5 heteroatoms. The van der Waals surface area contributed by atoms with Gasteiger partial charge in [0.2, 0.25) is 0 Å². The normalized spacial score (nSPS) is 19.5. The number of hydrogen-bond donors (Lipinski definition) is 1. The van der Waals surface area contributed by atoms with E-state index in [1.807, 2.05) is 0 Å². The van der Waals surface area contributed by atoms with Crippen molar-refractivity contribution in [3.8, 4) is 0 Å². The predicted molar refractivity (Wildman–Crippen MR) is 61.5 cm³/mol. The zero-order valence-corrected chi connectivity index (χ0v) is 10.1. The third kappa shape index (κ3) is 2.18. The highest BCUT2D eigenvalue weighted by atomic mass is 16.5. The molecule has 1 amide bonds. The van der Waals surface area contributed by atoms with E-state index in [0.717, 1.165) is 12.1 Å². The number of fused-ring (bicyclic) bond motifs is 1. The summed E-state index contributed by atoms with van der Waals surface area (Å²) in [4.78, 5) is 25.2. The molecular formula is C12H16N2O3. The van der Waals surface area contributed by atoms with Gasteiger partial charge in [0.15, 0.2) is 0 Å². The maximum atomic E-state index is 11.8. The van der Waals surface area contributed by atoms with Gasteiger partial charge in [-0.2, -0.15) is 0 Å². The van der Waals surface area contributed by atoms with Crippen molar-refractivity contribution >= 4 is 11.9 Å². The van der Waals surface area contributed by atoms with Gasteiger partial charge in [-0.25, -0.2) is 4.79 Å². The maximum Gasteiger partial charge on any atom is 0.337 e. The Morgan fingerprint density at radius 3 is 3.06 bits per heavy atom. The molecule has 0 saturated carbocycles. The third-order valence-electron chi connectivity index (χ3n) is 2.81. The van der Waals surface area contributed by atoms with Gasteiger partial charge < -0.3 is 10.1 Å². The highest BCUT2D eigenvalue weighted by molar-refractivity contribution is 5.95. The van der Waals surface area contributed by atoms with Crippen molar-refractivity contribution < 1.29 is 14.3 Å². The lowest BCUT2D eigenvalue weighted by molar-refractivity contribution is -0.139. The first-order valence-electron chi connectivity index (χ1n) is 5.80. The molecule has 0 spiro atoms. The molecule has 2 rings (SSSR count). The first-order valence-corrected chi connectivity index (χ1v) is 5.80. The fourth-order valence-corrected chi connectivity index (χ4v) is 2.07. The summed E-state index contributed by atoms with van der Waals surface area (Å²) in [6.45, 7) is 4.57. The largest absolute Gasteiger partial charge is 0.463 e. The summed E-state index contributed by atoms with van der Waals surface area (Å²) in [7, 11) is 0. The van der Waals surface area contributed by atoms with Crippen LogP contribution in [0.2, 0.25) is 0 Å². The van der Waals surface area contributed by atoms with E-state index in [-0.39, 0.29) is 11.9 Å². The monoisotopic (exact) mass is 236 g/mol. The SMILES string of the molecule is CCOC(=O)C1=C2NC(C)=CC(=O)N2CCC1. The second-order valence-electron chi connectivity index (χ2n) is 4.09. The number of nitrogens with zero attached hydrogens (tertiary/aromatic N) is 1. The van der Waals surface area contributed by atoms with Gasteiger partial charge in [0, 0.05) is 18.3 Å². The molecule has 0 aromatic rings. The lowest BCUT2D eigenvalue weighted by Gasteiger charge is -2.34. The smallest absolute Gasteiger partial charge is 0.337 e. The minimum absolute atomic E-state index is 0.0715. The van der Waals surface area contributed by atoms with Crippen molar-refractivity contribution in [1.29, 1.82) is 0 Å². The lowest BCUT2D eigenvalue weighted by atomic mass is 10.0. The topological polar surface area (TPSA) is 58.6 Å². The van der Waals surface area contributed by atoms with Gasteiger partial charge in [-0.05, 0) is 26.7 Å². The molecule has 0 radical (unpaired) electrons. The van der Waals surface area contributed by atoms with E-state index < -0.39 is 0 Å². The Morgan fingerprint density at radius 1 is 1.59 bits per heavy atom. The summed E-state index contributed by atoms with van der Waals surface area (Å²) in [5.41, 5.74) is 1.32.